The number of benzene rings is 3. The van der Waals surface area contributed by atoms with Crippen molar-refractivity contribution in [3.8, 4) is 16.9 Å². The molecule has 0 spiro atoms. The van der Waals surface area contributed by atoms with E-state index in [0.717, 1.165) is 22.3 Å². The zero-order valence-electron chi connectivity index (χ0n) is 17.4. The Balaban J connectivity index is 1.46. The van der Waals surface area contributed by atoms with Crippen LogP contribution in [0.1, 0.15) is 22.6 Å². The van der Waals surface area contributed by atoms with E-state index in [9.17, 15) is 19.1 Å². The minimum Gasteiger partial charge on any atom is -0.496 e. The summed E-state index contributed by atoms with van der Waals surface area (Å²) in [4.78, 5) is 24.2. The fraction of sp³-hybridized carbons (Fsp3) is 0.200. The lowest BCUT2D eigenvalue weighted by atomic mass is 9.98. The number of aliphatic carboxylic acids is 1. The van der Waals surface area contributed by atoms with E-state index in [4.69, 9.17) is 9.47 Å². The van der Waals surface area contributed by atoms with Crippen LogP contribution in [-0.2, 0) is 16.0 Å². The van der Waals surface area contributed by atoms with Crippen LogP contribution in [0.2, 0.25) is 0 Å². The van der Waals surface area contributed by atoms with Gasteiger partial charge < -0.3 is 19.9 Å². The van der Waals surface area contributed by atoms with Gasteiger partial charge in [-0.05, 0) is 34.4 Å². The number of ether oxygens (including phenoxy) is 2. The van der Waals surface area contributed by atoms with Crippen LogP contribution >= 0.6 is 0 Å². The Morgan fingerprint density at radius 1 is 1.00 bits per heavy atom. The van der Waals surface area contributed by atoms with Crippen molar-refractivity contribution in [2.45, 2.75) is 18.4 Å². The molecule has 1 aliphatic rings. The summed E-state index contributed by atoms with van der Waals surface area (Å²) >= 11 is 0. The molecule has 0 fully saturated rings. The first kappa shape index (κ1) is 21.4. The molecule has 164 valence electrons. The topological polar surface area (TPSA) is 84.9 Å². The van der Waals surface area contributed by atoms with E-state index in [1.165, 1.54) is 25.3 Å². The van der Waals surface area contributed by atoms with E-state index < -0.39 is 23.9 Å². The quantitative estimate of drug-likeness (QED) is 0.576. The van der Waals surface area contributed by atoms with Gasteiger partial charge in [0.25, 0.3) is 0 Å². The number of hydrogen-bond donors (Lipinski definition) is 2. The van der Waals surface area contributed by atoms with Gasteiger partial charge in [0.2, 0.25) is 0 Å². The Morgan fingerprint density at radius 3 is 2.22 bits per heavy atom. The highest BCUT2D eigenvalue weighted by Crippen LogP contribution is 2.44. The average molecular weight is 435 g/mol. The van der Waals surface area contributed by atoms with Crippen molar-refractivity contribution < 1.29 is 28.6 Å². The van der Waals surface area contributed by atoms with Crippen molar-refractivity contribution in [2.75, 3.05) is 13.7 Å². The first-order valence-corrected chi connectivity index (χ1v) is 10.1. The molecule has 6 nitrogen and oxygen atoms in total. The lowest BCUT2D eigenvalue weighted by molar-refractivity contribution is -0.139. The fourth-order valence-corrected chi connectivity index (χ4v) is 4.11. The predicted molar refractivity (Wildman–Crippen MR) is 116 cm³/mol. The standard InChI is InChI=1S/C25H22FNO5/c1-31-23-12-6-11-21(26)19(23)13-22(24(28)29)27-25(30)32-14-20-17-9-4-2-7-15(17)16-8-3-5-10-18(16)20/h2-12,20,22H,13-14H2,1H3,(H,27,30)(H,28,29)/t22-/m0/s1. The Labute approximate surface area is 184 Å². The molecular formula is C25H22FNO5. The van der Waals surface area contributed by atoms with Crippen molar-refractivity contribution in [3.63, 3.8) is 0 Å². The van der Waals surface area contributed by atoms with Crippen LogP contribution in [0.3, 0.4) is 0 Å². The number of nitrogens with one attached hydrogen (secondary N) is 1. The lowest BCUT2D eigenvalue weighted by Gasteiger charge is -2.18. The maximum Gasteiger partial charge on any atom is 0.407 e. The van der Waals surface area contributed by atoms with Crippen molar-refractivity contribution in [1.29, 1.82) is 0 Å². The molecule has 0 saturated heterocycles. The molecule has 0 radical (unpaired) electrons. The number of fused-ring (bicyclic) bond motifs is 3. The summed E-state index contributed by atoms with van der Waals surface area (Å²) in [5.74, 6) is -1.84. The minimum atomic E-state index is -1.38. The van der Waals surface area contributed by atoms with E-state index in [0.29, 0.717) is 0 Å². The third kappa shape index (κ3) is 4.14. The highest BCUT2D eigenvalue weighted by molar-refractivity contribution is 5.81. The SMILES string of the molecule is COc1cccc(F)c1C[C@H](NC(=O)OCC1c2ccccc2-c2ccccc21)C(=O)O. The minimum absolute atomic E-state index is 0.0508. The zero-order chi connectivity index (χ0) is 22.7. The summed E-state index contributed by atoms with van der Waals surface area (Å²) < 4.78 is 24.7. The Bertz CT molecular complexity index is 1120. The van der Waals surface area contributed by atoms with Gasteiger partial charge in [0.05, 0.1) is 7.11 Å². The molecular weight excluding hydrogens is 413 g/mol. The number of carboxylic acids is 1. The first-order valence-electron chi connectivity index (χ1n) is 10.1. The normalized spacial score (nSPS) is 13.1. The van der Waals surface area contributed by atoms with E-state index in [1.54, 1.807) is 0 Å². The number of methoxy groups -OCH3 is 1. The molecule has 1 aliphatic carbocycles. The summed E-state index contributed by atoms with van der Waals surface area (Å²) in [7, 11) is 1.37. The van der Waals surface area contributed by atoms with Gasteiger partial charge in [-0.25, -0.2) is 14.0 Å². The molecule has 1 atom stereocenters. The molecule has 0 unspecified atom stereocenters. The molecule has 7 heteroatoms. The summed E-state index contributed by atoms with van der Waals surface area (Å²) in [6.45, 7) is 0.0508. The average Bonchev–Trinajstić information content (AvgIpc) is 3.12. The van der Waals surface area contributed by atoms with Gasteiger partial charge in [-0.15, -0.1) is 0 Å². The van der Waals surface area contributed by atoms with Crippen molar-refractivity contribution in [3.05, 3.63) is 89.2 Å². The number of amides is 1. The largest absolute Gasteiger partial charge is 0.496 e. The van der Waals surface area contributed by atoms with Crippen molar-refractivity contribution in [1.82, 2.24) is 5.32 Å². The van der Waals surface area contributed by atoms with Crippen LogP contribution in [0, 0.1) is 5.82 Å². The molecule has 1 amide bonds. The van der Waals surface area contributed by atoms with Crippen molar-refractivity contribution in [2.24, 2.45) is 0 Å². The second kappa shape index (κ2) is 9.09. The zero-order valence-corrected chi connectivity index (χ0v) is 17.4. The van der Waals surface area contributed by atoms with Gasteiger partial charge in [0, 0.05) is 17.9 Å². The monoisotopic (exact) mass is 435 g/mol. The maximum absolute atomic E-state index is 14.2. The van der Waals surface area contributed by atoms with Gasteiger partial charge in [0.1, 0.15) is 24.2 Å². The number of carbonyl (C=O) groups is 2. The molecule has 0 aromatic heterocycles. The molecule has 32 heavy (non-hydrogen) atoms. The van der Waals surface area contributed by atoms with E-state index >= 15 is 0 Å². The van der Waals surface area contributed by atoms with Crippen LogP contribution < -0.4 is 10.1 Å². The van der Waals surface area contributed by atoms with Crippen LogP contribution in [-0.4, -0.2) is 36.9 Å². The van der Waals surface area contributed by atoms with Crippen LogP contribution in [0.15, 0.2) is 66.7 Å². The Morgan fingerprint density at radius 2 is 1.62 bits per heavy atom. The molecule has 0 bridgehead atoms. The first-order chi connectivity index (χ1) is 15.5. The highest BCUT2D eigenvalue weighted by Gasteiger charge is 2.30. The summed E-state index contributed by atoms with van der Waals surface area (Å²) in [6, 6.07) is 18.6. The maximum atomic E-state index is 14.2. The second-order valence-corrected chi connectivity index (χ2v) is 7.49. The third-order valence-corrected chi connectivity index (χ3v) is 5.64. The van der Waals surface area contributed by atoms with Gasteiger partial charge >= 0.3 is 12.1 Å². The number of carbonyl (C=O) groups excluding carboxylic acids is 1. The fourth-order valence-electron chi connectivity index (χ4n) is 4.11. The van der Waals surface area contributed by atoms with Crippen LogP contribution in [0.4, 0.5) is 9.18 Å². The summed E-state index contributed by atoms with van der Waals surface area (Å²) in [5, 5.41) is 11.9. The van der Waals surface area contributed by atoms with Gasteiger partial charge in [-0.2, -0.15) is 0 Å². The predicted octanol–water partition coefficient (Wildman–Crippen LogP) is 4.37. The molecule has 3 aromatic carbocycles. The third-order valence-electron chi connectivity index (χ3n) is 5.64. The Kier molecular flexibility index (Phi) is 6.07. The van der Waals surface area contributed by atoms with E-state index in [2.05, 4.69) is 5.32 Å². The number of halogens is 1. The Hall–Kier alpha value is -3.87. The molecule has 3 aromatic rings. The molecule has 4 rings (SSSR count). The molecule has 0 saturated carbocycles. The molecule has 2 N–H and O–H groups in total. The number of carboxylic acid groups (broad SMARTS) is 1. The van der Waals surface area contributed by atoms with E-state index in [1.807, 2.05) is 48.5 Å². The van der Waals surface area contributed by atoms with Crippen LogP contribution in [0.25, 0.3) is 11.1 Å². The van der Waals surface area contributed by atoms with Crippen molar-refractivity contribution >= 4 is 12.1 Å². The smallest absolute Gasteiger partial charge is 0.407 e. The molecule has 0 heterocycles. The summed E-state index contributed by atoms with van der Waals surface area (Å²) in [6.07, 6.45) is -1.16. The second-order valence-electron chi connectivity index (χ2n) is 7.49. The van der Waals surface area contributed by atoms with Gasteiger partial charge in [0.15, 0.2) is 0 Å². The lowest BCUT2D eigenvalue weighted by Crippen LogP contribution is -2.43. The van der Waals surface area contributed by atoms with Crippen LogP contribution in [0.5, 0.6) is 5.75 Å². The highest BCUT2D eigenvalue weighted by atomic mass is 19.1. The summed E-state index contributed by atoms with van der Waals surface area (Å²) in [5.41, 5.74) is 4.35. The van der Waals surface area contributed by atoms with E-state index in [-0.39, 0.29) is 30.3 Å². The number of hydrogen-bond acceptors (Lipinski definition) is 4. The number of alkyl carbamates (subject to hydrolysis) is 1. The van der Waals surface area contributed by atoms with Gasteiger partial charge in [-0.3, -0.25) is 0 Å². The van der Waals surface area contributed by atoms with Gasteiger partial charge in [-0.1, -0.05) is 54.6 Å². The number of rotatable bonds is 7. The molecule has 0 aliphatic heterocycles.